The predicted molar refractivity (Wildman–Crippen MR) is 62.1 cm³/mol. The van der Waals surface area contributed by atoms with Gasteiger partial charge < -0.3 is 4.90 Å². The molecule has 1 aliphatic heterocycles. The first-order chi connectivity index (χ1) is 7.33. The molecule has 3 fully saturated rings. The van der Waals surface area contributed by atoms with Gasteiger partial charge >= 0.3 is 0 Å². The third-order valence-corrected chi connectivity index (χ3v) is 4.81. The highest BCUT2D eigenvalue weighted by Gasteiger charge is 2.40. The monoisotopic (exact) mass is 206 g/mol. The average Bonchev–Trinajstić information content (AvgIpc) is 2.83. The fraction of sp³-hybridized carbons (Fsp3) is 0.923. The van der Waals surface area contributed by atoms with Crippen LogP contribution in [0.15, 0.2) is 0 Å². The molecule has 2 heteroatoms. The van der Waals surface area contributed by atoms with Crippen LogP contribution in [-0.4, -0.2) is 23.8 Å². The molecule has 1 N–H and O–H groups in total. The van der Waals surface area contributed by atoms with E-state index in [1.54, 1.807) is 0 Å². The minimum absolute atomic E-state index is 0.920. The molecule has 3 rings (SSSR count). The van der Waals surface area contributed by atoms with Crippen LogP contribution in [0, 0.1) is 23.2 Å². The summed E-state index contributed by atoms with van der Waals surface area (Å²) in [4.78, 5) is 2.37. The fourth-order valence-electron chi connectivity index (χ4n) is 3.97. The summed E-state index contributed by atoms with van der Waals surface area (Å²) in [5, 5.41) is 7.97. The second-order valence-electron chi connectivity index (χ2n) is 5.78. The number of fused-ring (bicyclic) bond motifs is 2. The third-order valence-electron chi connectivity index (χ3n) is 4.81. The number of nitrogens with zero attached hydrogens (tertiary/aromatic N) is 1. The van der Waals surface area contributed by atoms with Gasteiger partial charge in [0, 0.05) is 19.5 Å². The number of rotatable bonds is 2. The van der Waals surface area contributed by atoms with Crippen LogP contribution < -0.4 is 0 Å². The molecule has 84 valence electrons. The zero-order valence-corrected chi connectivity index (χ0v) is 9.54. The second kappa shape index (κ2) is 3.80. The first-order valence-electron chi connectivity index (χ1n) is 6.65. The first kappa shape index (κ1) is 9.68. The molecule has 2 aliphatic carbocycles. The van der Waals surface area contributed by atoms with E-state index in [0.29, 0.717) is 0 Å². The van der Waals surface area contributed by atoms with Gasteiger partial charge in [-0.3, -0.25) is 5.41 Å². The van der Waals surface area contributed by atoms with Crippen LogP contribution in [0.25, 0.3) is 0 Å². The van der Waals surface area contributed by atoms with Crippen LogP contribution in [0.5, 0.6) is 0 Å². The lowest BCUT2D eigenvalue weighted by atomic mass is 9.88. The Hall–Kier alpha value is -0.530. The Morgan fingerprint density at radius 3 is 2.80 bits per heavy atom. The van der Waals surface area contributed by atoms with Crippen molar-refractivity contribution in [1.29, 1.82) is 5.41 Å². The van der Waals surface area contributed by atoms with Gasteiger partial charge in [-0.05, 0) is 49.9 Å². The molecule has 1 heterocycles. The molecule has 3 atom stereocenters. The van der Waals surface area contributed by atoms with Gasteiger partial charge in [0.25, 0.3) is 0 Å². The summed E-state index contributed by atoms with van der Waals surface area (Å²) in [5.74, 6) is 3.93. The maximum Gasteiger partial charge on any atom is 0.0957 e. The SMILES string of the molecule is N=C1CCCCN1CC1CC2CCC1C2. The van der Waals surface area contributed by atoms with Crippen molar-refractivity contribution in [3.05, 3.63) is 0 Å². The molecule has 2 saturated carbocycles. The predicted octanol–water partition coefficient (Wildman–Crippen LogP) is 2.89. The number of hydrogen-bond acceptors (Lipinski definition) is 1. The molecule has 0 aromatic rings. The Morgan fingerprint density at radius 1 is 1.20 bits per heavy atom. The summed E-state index contributed by atoms with van der Waals surface area (Å²) in [6.45, 7) is 2.37. The van der Waals surface area contributed by atoms with E-state index in [-0.39, 0.29) is 0 Å². The van der Waals surface area contributed by atoms with Gasteiger partial charge in [-0.1, -0.05) is 6.42 Å². The molecule has 0 amide bonds. The second-order valence-corrected chi connectivity index (χ2v) is 5.78. The third kappa shape index (κ3) is 1.79. The summed E-state index contributed by atoms with van der Waals surface area (Å²) in [5.41, 5.74) is 0. The van der Waals surface area contributed by atoms with Gasteiger partial charge in [-0.25, -0.2) is 0 Å². The maximum absolute atomic E-state index is 7.97. The van der Waals surface area contributed by atoms with Gasteiger partial charge in [-0.15, -0.1) is 0 Å². The number of piperidine rings is 1. The van der Waals surface area contributed by atoms with E-state index in [0.717, 1.165) is 36.6 Å². The quantitative estimate of drug-likeness (QED) is 0.739. The summed E-state index contributed by atoms with van der Waals surface area (Å²) >= 11 is 0. The van der Waals surface area contributed by atoms with E-state index in [2.05, 4.69) is 4.90 Å². The van der Waals surface area contributed by atoms with E-state index in [1.165, 1.54) is 45.1 Å². The zero-order valence-electron chi connectivity index (χ0n) is 9.54. The summed E-state index contributed by atoms with van der Waals surface area (Å²) in [6, 6.07) is 0. The molecule has 0 aromatic heterocycles. The summed E-state index contributed by atoms with van der Waals surface area (Å²) < 4.78 is 0. The van der Waals surface area contributed by atoms with Crippen LogP contribution in [0.4, 0.5) is 0 Å². The lowest BCUT2D eigenvalue weighted by Crippen LogP contribution is -2.39. The van der Waals surface area contributed by atoms with E-state index >= 15 is 0 Å². The van der Waals surface area contributed by atoms with Gasteiger partial charge in [0.1, 0.15) is 0 Å². The molecule has 15 heavy (non-hydrogen) atoms. The number of nitrogens with one attached hydrogen (secondary N) is 1. The number of hydrogen-bond donors (Lipinski definition) is 1. The van der Waals surface area contributed by atoms with Gasteiger partial charge in [0.15, 0.2) is 0 Å². The summed E-state index contributed by atoms with van der Waals surface area (Å²) in [6.07, 6.45) is 9.53. The van der Waals surface area contributed by atoms with Gasteiger partial charge in [0.05, 0.1) is 5.84 Å². The molecule has 0 radical (unpaired) electrons. The van der Waals surface area contributed by atoms with Crippen molar-refractivity contribution >= 4 is 5.84 Å². The van der Waals surface area contributed by atoms with Crippen molar-refractivity contribution in [2.24, 2.45) is 17.8 Å². The highest BCUT2D eigenvalue weighted by Crippen LogP contribution is 2.48. The molecule has 3 unspecified atom stereocenters. The van der Waals surface area contributed by atoms with Crippen molar-refractivity contribution in [2.75, 3.05) is 13.1 Å². The van der Waals surface area contributed by atoms with Crippen LogP contribution in [0.1, 0.15) is 44.9 Å². The van der Waals surface area contributed by atoms with E-state index in [4.69, 9.17) is 5.41 Å². The Balaban J connectivity index is 1.58. The lowest BCUT2D eigenvalue weighted by Gasteiger charge is -2.34. The van der Waals surface area contributed by atoms with Crippen molar-refractivity contribution in [3.8, 4) is 0 Å². The molecule has 2 bridgehead atoms. The Bertz CT molecular complexity index is 261. The van der Waals surface area contributed by atoms with Crippen molar-refractivity contribution < 1.29 is 0 Å². The molecule has 0 spiro atoms. The zero-order chi connectivity index (χ0) is 10.3. The number of amidine groups is 1. The molecule has 0 aromatic carbocycles. The van der Waals surface area contributed by atoms with Gasteiger partial charge in [0.2, 0.25) is 0 Å². The van der Waals surface area contributed by atoms with E-state index < -0.39 is 0 Å². The molecular weight excluding hydrogens is 184 g/mol. The average molecular weight is 206 g/mol. The smallest absolute Gasteiger partial charge is 0.0957 e. The van der Waals surface area contributed by atoms with Crippen LogP contribution in [0.3, 0.4) is 0 Å². The number of likely N-dealkylation sites (tertiary alicyclic amines) is 1. The molecule has 2 nitrogen and oxygen atoms in total. The largest absolute Gasteiger partial charge is 0.360 e. The van der Waals surface area contributed by atoms with Crippen LogP contribution in [-0.2, 0) is 0 Å². The normalized spacial score (nSPS) is 40.1. The molecule has 1 saturated heterocycles. The Labute approximate surface area is 92.5 Å². The van der Waals surface area contributed by atoms with Crippen LogP contribution in [0.2, 0.25) is 0 Å². The standard InChI is InChI=1S/C13H22N2/c14-13-3-1-2-6-15(13)9-12-8-10-4-5-11(12)7-10/h10-12,14H,1-9H2. The topological polar surface area (TPSA) is 27.1 Å². The van der Waals surface area contributed by atoms with Crippen molar-refractivity contribution in [1.82, 2.24) is 4.90 Å². The first-order valence-corrected chi connectivity index (χ1v) is 6.65. The minimum atomic E-state index is 0.920. The van der Waals surface area contributed by atoms with Crippen LogP contribution >= 0.6 is 0 Å². The summed E-state index contributed by atoms with van der Waals surface area (Å²) in [7, 11) is 0. The highest BCUT2D eigenvalue weighted by atomic mass is 15.2. The molecule has 3 aliphatic rings. The van der Waals surface area contributed by atoms with Crippen molar-refractivity contribution in [2.45, 2.75) is 44.9 Å². The maximum atomic E-state index is 7.97. The van der Waals surface area contributed by atoms with E-state index in [9.17, 15) is 0 Å². The highest BCUT2D eigenvalue weighted by molar-refractivity contribution is 5.79. The Morgan fingerprint density at radius 2 is 2.13 bits per heavy atom. The fourth-order valence-corrected chi connectivity index (χ4v) is 3.97. The molecular formula is C13H22N2. The minimum Gasteiger partial charge on any atom is -0.360 e. The van der Waals surface area contributed by atoms with Crippen molar-refractivity contribution in [3.63, 3.8) is 0 Å². The Kier molecular flexibility index (Phi) is 2.45. The van der Waals surface area contributed by atoms with Gasteiger partial charge in [-0.2, -0.15) is 0 Å². The lowest BCUT2D eigenvalue weighted by molar-refractivity contribution is 0.242. The van der Waals surface area contributed by atoms with E-state index in [1.807, 2.05) is 0 Å².